The van der Waals surface area contributed by atoms with Crippen LogP contribution in [-0.2, 0) is 0 Å². The number of benzene rings is 1. The van der Waals surface area contributed by atoms with Gasteiger partial charge in [0, 0.05) is 13.1 Å². The van der Waals surface area contributed by atoms with Crippen LogP contribution in [0.2, 0.25) is 0 Å². The van der Waals surface area contributed by atoms with Crippen LogP contribution in [0.1, 0.15) is 12.8 Å². The zero-order valence-electron chi connectivity index (χ0n) is 11.6. The van der Waals surface area contributed by atoms with E-state index in [4.69, 9.17) is 4.74 Å². The fourth-order valence-corrected chi connectivity index (χ4v) is 2.66. The highest BCUT2D eigenvalue weighted by atomic mass is 19.1. The van der Waals surface area contributed by atoms with Crippen LogP contribution >= 0.6 is 0 Å². The minimum atomic E-state index is -0.283. The maximum atomic E-state index is 13.4. The van der Waals surface area contributed by atoms with E-state index in [2.05, 4.69) is 10.2 Å². The van der Waals surface area contributed by atoms with Crippen molar-refractivity contribution in [1.29, 1.82) is 0 Å². The molecule has 1 heterocycles. The summed E-state index contributed by atoms with van der Waals surface area (Å²) >= 11 is 0. The fraction of sp³-hybridized carbons (Fsp3) is 0.600. The predicted octanol–water partition coefficient (Wildman–Crippen LogP) is 2.14. The Labute approximate surface area is 114 Å². The molecule has 1 aromatic carbocycles. The second-order valence-electron chi connectivity index (χ2n) is 5.15. The van der Waals surface area contributed by atoms with Gasteiger partial charge in [0.1, 0.15) is 6.61 Å². The molecule has 19 heavy (non-hydrogen) atoms. The number of likely N-dealkylation sites (tertiary alicyclic amines) is 1. The van der Waals surface area contributed by atoms with Crippen LogP contribution in [0.25, 0.3) is 0 Å². The monoisotopic (exact) mass is 266 g/mol. The Morgan fingerprint density at radius 3 is 3.05 bits per heavy atom. The molecule has 1 aliphatic heterocycles. The first-order chi connectivity index (χ1) is 9.29. The molecule has 0 spiro atoms. The number of nitrogens with zero attached hydrogens (tertiary/aromatic N) is 1. The molecule has 3 nitrogen and oxygen atoms in total. The quantitative estimate of drug-likeness (QED) is 0.853. The summed E-state index contributed by atoms with van der Waals surface area (Å²) in [7, 11) is 2.00. The first kappa shape index (κ1) is 14.3. The van der Waals surface area contributed by atoms with Crippen LogP contribution < -0.4 is 10.1 Å². The van der Waals surface area contributed by atoms with Crippen molar-refractivity contribution in [3.05, 3.63) is 30.1 Å². The van der Waals surface area contributed by atoms with Crippen LogP contribution in [0.4, 0.5) is 4.39 Å². The first-order valence-corrected chi connectivity index (χ1v) is 7.04. The molecular weight excluding hydrogens is 243 g/mol. The normalized spacial score (nSPS) is 20.4. The average Bonchev–Trinajstić information content (AvgIpc) is 2.42. The topological polar surface area (TPSA) is 24.5 Å². The number of rotatable bonds is 6. The first-order valence-electron chi connectivity index (χ1n) is 7.04. The number of ether oxygens (including phenoxy) is 1. The van der Waals surface area contributed by atoms with Crippen LogP contribution in [-0.4, -0.2) is 44.7 Å². The summed E-state index contributed by atoms with van der Waals surface area (Å²) < 4.78 is 18.9. The summed E-state index contributed by atoms with van der Waals surface area (Å²) in [5.74, 6) is 0.799. The summed E-state index contributed by atoms with van der Waals surface area (Å²) in [6, 6.07) is 6.58. The standard InChI is InChI=1S/C15H23FN2O/c1-17-11-13-5-4-8-18(12-13)9-10-19-15-7-3-2-6-14(15)16/h2-3,6-7,13,17H,4-5,8-12H2,1H3. The molecule has 0 aromatic heterocycles. The molecule has 1 aliphatic rings. The predicted molar refractivity (Wildman–Crippen MR) is 75.0 cm³/mol. The minimum Gasteiger partial charge on any atom is -0.489 e. The van der Waals surface area contributed by atoms with Crippen molar-refractivity contribution >= 4 is 0 Å². The lowest BCUT2D eigenvalue weighted by Gasteiger charge is -2.32. The van der Waals surface area contributed by atoms with Gasteiger partial charge in [-0.2, -0.15) is 0 Å². The molecule has 0 bridgehead atoms. The highest BCUT2D eigenvalue weighted by molar-refractivity contribution is 5.23. The summed E-state index contributed by atoms with van der Waals surface area (Å²) in [6.07, 6.45) is 2.54. The molecule has 106 valence electrons. The third-order valence-electron chi connectivity index (χ3n) is 3.60. The number of hydrogen-bond acceptors (Lipinski definition) is 3. The van der Waals surface area contributed by atoms with Gasteiger partial charge in [0.15, 0.2) is 11.6 Å². The van der Waals surface area contributed by atoms with Crippen LogP contribution in [0.5, 0.6) is 5.75 Å². The SMILES string of the molecule is CNCC1CCCN(CCOc2ccccc2F)C1. The Balaban J connectivity index is 1.72. The fourth-order valence-electron chi connectivity index (χ4n) is 2.66. The van der Waals surface area contributed by atoms with Crippen molar-refractivity contribution < 1.29 is 9.13 Å². The lowest BCUT2D eigenvalue weighted by atomic mass is 9.98. The second-order valence-corrected chi connectivity index (χ2v) is 5.15. The van der Waals surface area contributed by atoms with Crippen molar-refractivity contribution in [1.82, 2.24) is 10.2 Å². The molecule has 1 atom stereocenters. The molecule has 0 radical (unpaired) electrons. The van der Waals surface area contributed by atoms with Gasteiger partial charge in [-0.05, 0) is 51.0 Å². The van der Waals surface area contributed by atoms with E-state index < -0.39 is 0 Å². The van der Waals surface area contributed by atoms with E-state index in [0.717, 1.165) is 32.1 Å². The molecule has 2 rings (SSSR count). The zero-order valence-corrected chi connectivity index (χ0v) is 11.6. The van der Waals surface area contributed by atoms with Crippen molar-refractivity contribution in [2.45, 2.75) is 12.8 Å². The van der Waals surface area contributed by atoms with Gasteiger partial charge < -0.3 is 10.1 Å². The number of piperidine rings is 1. The van der Waals surface area contributed by atoms with E-state index >= 15 is 0 Å². The van der Waals surface area contributed by atoms with Gasteiger partial charge in [-0.3, -0.25) is 4.90 Å². The van der Waals surface area contributed by atoms with E-state index in [1.807, 2.05) is 7.05 Å². The smallest absolute Gasteiger partial charge is 0.165 e. The van der Waals surface area contributed by atoms with Crippen molar-refractivity contribution in [3.8, 4) is 5.75 Å². The Hall–Kier alpha value is -1.13. The number of nitrogens with one attached hydrogen (secondary N) is 1. The van der Waals surface area contributed by atoms with Gasteiger partial charge in [-0.1, -0.05) is 12.1 Å². The van der Waals surface area contributed by atoms with E-state index in [0.29, 0.717) is 12.4 Å². The van der Waals surface area contributed by atoms with Crippen LogP contribution in [0.3, 0.4) is 0 Å². The maximum Gasteiger partial charge on any atom is 0.165 e. The number of para-hydroxylation sites is 1. The van der Waals surface area contributed by atoms with Gasteiger partial charge in [0.25, 0.3) is 0 Å². The largest absolute Gasteiger partial charge is 0.489 e. The van der Waals surface area contributed by atoms with Gasteiger partial charge in [-0.25, -0.2) is 4.39 Å². The van der Waals surface area contributed by atoms with Gasteiger partial charge in [0.2, 0.25) is 0 Å². The summed E-state index contributed by atoms with van der Waals surface area (Å²) in [5, 5.41) is 3.24. The summed E-state index contributed by atoms with van der Waals surface area (Å²) in [5.41, 5.74) is 0. The molecule has 0 amide bonds. The molecule has 0 aliphatic carbocycles. The zero-order chi connectivity index (χ0) is 13.5. The molecule has 0 saturated carbocycles. The van der Waals surface area contributed by atoms with E-state index in [9.17, 15) is 4.39 Å². The third kappa shape index (κ3) is 4.48. The highest BCUT2D eigenvalue weighted by Crippen LogP contribution is 2.17. The Kier molecular flexibility index (Phi) is 5.61. The lowest BCUT2D eigenvalue weighted by Crippen LogP contribution is -2.40. The van der Waals surface area contributed by atoms with Crippen LogP contribution in [0, 0.1) is 11.7 Å². The van der Waals surface area contributed by atoms with Crippen molar-refractivity contribution in [3.63, 3.8) is 0 Å². The Morgan fingerprint density at radius 2 is 2.26 bits per heavy atom. The van der Waals surface area contributed by atoms with Crippen molar-refractivity contribution in [2.24, 2.45) is 5.92 Å². The second kappa shape index (κ2) is 7.46. The maximum absolute atomic E-state index is 13.4. The highest BCUT2D eigenvalue weighted by Gasteiger charge is 2.18. The molecule has 1 aromatic rings. The Morgan fingerprint density at radius 1 is 1.42 bits per heavy atom. The summed E-state index contributed by atoms with van der Waals surface area (Å²) in [4.78, 5) is 2.41. The van der Waals surface area contributed by atoms with E-state index in [1.165, 1.54) is 18.9 Å². The molecule has 1 unspecified atom stereocenters. The molecule has 4 heteroatoms. The molecule has 1 N–H and O–H groups in total. The lowest BCUT2D eigenvalue weighted by molar-refractivity contribution is 0.145. The minimum absolute atomic E-state index is 0.283. The van der Waals surface area contributed by atoms with Gasteiger partial charge in [0.05, 0.1) is 0 Å². The number of halogens is 1. The molecule has 1 saturated heterocycles. The van der Waals surface area contributed by atoms with E-state index in [1.54, 1.807) is 18.2 Å². The number of hydrogen-bond donors (Lipinski definition) is 1. The van der Waals surface area contributed by atoms with Crippen LogP contribution in [0.15, 0.2) is 24.3 Å². The molecule has 1 fully saturated rings. The average molecular weight is 266 g/mol. The van der Waals surface area contributed by atoms with E-state index in [-0.39, 0.29) is 5.82 Å². The molecular formula is C15H23FN2O. The summed E-state index contributed by atoms with van der Waals surface area (Å²) in [6.45, 7) is 4.73. The van der Waals surface area contributed by atoms with Gasteiger partial charge >= 0.3 is 0 Å². The van der Waals surface area contributed by atoms with Crippen molar-refractivity contribution in [2.75, 3.05) is 39.8 Å². The Bertz CT molecular complexity index is 384. The van der Waals surface area contributed by atoms with Gasteiger partial charge in [-0.15, -0.1) is 0 Å². The third-order valence-corrected chi connectivity index (χ3v) is 3.60.